The normalized spacial score (nSPS) is 10.5. The summed E-state index contributed by atoms with van der Waals surface area (Å²) in [4.78, 5) is 0. The summed E-state index contributed by atoms with van der Waals surface area (Å²) in [7, 11) is 0. The number of hydrogen-bond acceptors (Lipinski definition) is 4. The highest BCUT2D eigenvalue weighted by Gasteiger charge is 2.10. The largest absolute Gasteiger partial charge is 0.506 e. The van der Waals surface area contributed by atoms with Gasteiger partial charge in [0.1, 0.15) is 23.0 Å². The van der Waals surface area contributed by atoms with E-state index in [1.54, 1.807) is 42.5 Å². The van der Waals surface area contributed by atoms with E-state index < -0.39 is 0 Å². The van der Waals surface area contributed by atoms with Crippen LogP contribution in [0.25, 0.3) is 22.3 Å². The molecule has 0 radical (unpaired) electrons. The van der Waals surface area contributed by atoms with E-state index in [-0.39, 0.29) is 38.1 Å². The lowest BCUT2D eigenvalue weighted by Gasteiger charge is -2.10. The minimum Gasteiger partial charge on any atom is -0.506 e. The Morgan fingerprint density at radius 2 is 0.848 bits per heavy atom. The van der Waals surface area contributed by atoms with Crippen LogP contribution in [0.3, 0.4) is 0 Å². The molecule has 0 aliphatic carbocycles. The Hall–Kier alpha value is -2.76. The SMILES string of the molecule is Cc1c(-c2ccc(O)c(Cl)c2)ccc(O)c1Cl.Oc1ccc(-c2ccc(O)c(Cl)c2)cc1Cl. The zero-order valence-electron chi connectivity index (χ0n) is 17.2. The predicted molar refractivity (Wildman–Crippen MR) is 135 cm³/mol. The maximum Gasteiger partial charge on any atom is 0.134 e. The zero-order chi connectivity index (χ0) is 24.3. The molecule has 0 aliphatic heterocycles. The van der Waals surface area contributed by atoms with Gasteiger partial charge in [-0.1, -0.05) is 70.7 Å². The number of hydrogen-bond donors (Lipinski definition) is 4. The third-order valence-corrected chi connectivity index (χ3v) is 6.24. The molecule has 4 rings (SSSR count). The maximum atomic E-state index is 9.47. The van der Waals surface area contributed by atoms with E-state index in [0.717, 1.165) is 27.8 Å². The minimum atomic E-state index is 0.0373. The molecule has 0 aliphatic rings. The second-order valence-electron chi connectivity index (χ2n) is 7.07. The summed E-state index contributed by atoms with van der Waals surface area (Å²) in [6.07, 6.45) is 0. The average Bonchev–Trinajstić information content (AvgIpc) is 2.78. The second-order valence-corrected chi connectivity index (χ2v) is 8.67. The first-order valence-corrected chi connectivity index (χ1v) is 11.0. The molecular weight excluding hydrogens is 506 g/mol. The molecule has 4 N–H and O–H groups in total. The van der Waals surface area contributed by atoms with Crippen molar-refractivity contribution in [3.8, 4) is 45.3 Å². The van der Waals surface area contributed by atoms with E-state index in [1.807, 2.05) is 6.92 Å². The molecule has 0 unspecified atom stereocenters. The first kappa shape index (κ1) is 24.9. The van der Waals surface area contributed by atoms with Crippen molar-refractivity contribution >= 4 is 46.4 Å². The van der Waals surface area contributed by atoms with Gasteiger partial charge in [-0.15, -0.1) is 0 Å². The Morgan fingerprint density at radius 3 is 1.27 bits per heavy atom. The van der Waals surface area contributed by atoms with Crippen LogP contribution in [0.4, 0.5) is 0 Å². The van der Waals surface area contributed by atoms with Crippen LogP contribution >= 0.6 is 46.4 Å². The summed E-state index contributed by atoms with van der Waals surface area (Å²) < 4.78 is 0. The van der Waals surface area contributed by atoms with E-state index >= 15 is 0 Å². The van der Waals surface area contributed by atoms with Gasteiger partial charge in [0, 0.05) is 0 Å². The molecule has 0 bridgehead atoms. The van der Waals surface area contributed by atoms with Crippen LogP contribution in [0.2, 0.25) is 20.1 Å². The molecule has 0 aromatic heterocycles. The van der Waals surface area contributed by atoms with Crippen molar-refractivity contribution in [3.63, 3.8) is 0 Å². The van der Waals surface area contributed by atoms with E-state index in [4.69, 9.17) is 46.4 Å². The fourth-order valence-electron chi connectivity index (χ4n) is 3.03. The van der Waals surface area contributed by atoms with Gasteiger partial charge in [-0.2, -0.15) is 0 Å². The molecular formula is C25H18Cl4O4. The standard InChI is InChI=1S/C13H10Cl2O2.C12H8Cl2O2/c1-7-9(3-5-12(17)13(7)15)8-2-4-11(16)10(14)6-8;13-9-5-7(1-3-11(9)15)8-2-4-12(16)10(14)6-8/h2-6,16-17H,1H3;1-6,15-16H. The summed E-state index contributed by atoms with van der Waals surface area (Å²) in [5.41, 5.74) is 4.13. The van der Waals surface area contributed by atoms with Crippen LogP contribution < -0.4 is 0 Å². The summed E-state index contributed by atoms with van der Waals surface area (Å²) in [5.74, 6) is 0.168. The summed E-state index contributed by atoms with van der Waals surface area (Å²) in [5, 5.41) is 38.6. The number of rotatable bonds is 2. The molecule has 4 nitrogen and oxygen atoms in total. The Balaban J connectivity index is 0.000000186. The van der Waals surface area contributed by atoms with Crippen LogP contribution in [0.15, 0.2) is 66.7 Å². The van der Waals surface area contributed by atoms with Gasteiger partial charge in [0.25, 0.3) is 0 Å². The van der Waals surface area contributed by atoms with Crippen LogP contribution in [0, 0.1) is 6.92 Å². The molecule has 0 heterocycles. The van der Waals surface area contributed by atoms with Crippen molar-refractivity contribution < 1.29 is 20.4 Å². The van der Waals surface area contributed by atoms with E-state index in [2.05, 4.69) is 0 Å². The number of phenolic OH excluding ortho intramolecular Hbond substituents is 4. The molecule has 33 heavy (non-hydrogen) atoms. The third-order valence-electron chi connectivity index (χ3n) is 4.85. The van der Waals surface area contributed by atoms with Crippen molar-refractivity contribution in [1.29, 1.82) is 0 Å². The van der Waals surface area contributed by atoms with E-state index in [9.17, 15) is 20.4 Å². The molecule has 0 saturated carbocycles. The lowest BCUT2D eigenvalue weighted by molar-refractivity contribution is 0.474. The van der Waals surface area contributed by atoms with Gasteiger partial charge >= 0.3 is 0 Å². The minimum absolute atomic E-state index is 0.0373. The lowest BCUT2D eigenvalue weighted by Crippen LogP contribution is -1.85. The maximum absolute atomic E-state index is 9.47. The number of benzene rings is 4. The van der Waals surface area contributed by atoms with Gasteiger partial charge in [0.05, 0.1) is 20.1 Å². The first-order valence-electron chi connectivity index (χ1n) is 9.53. The summed E-state index contributed by atoms with van der Waals surface area (Å²) in [6.45, 7) is 1.82. The Morgan fingerprint density at radius 1 is 0.485 bits per heavy atom. The Labute approximate surface area is 210 Å². The highest BCUT2D eigenvalue weighted by Crippen LogP contribution is 2.37. The predicted octanol–water partition coefficient (Wildman–Crippen LogP) is 8.45. The van der Waals surface area contributed by atoms with Gasteiger partial charge in [-0.3, -0.25) is 0 Å². The van der Waals surface area contributed by atoms with E-state index in [1.165, 1.54) is 24.3 Å². The Bertz CT molecular complexity index is 1270. The van der Waals surface area contributed by atoms with Gasteiger partial charge in [0.15, 0.2) is 0 Å². The van der Waals surface area contributed by atoms with Gasteiger partial charge in [0.2, 0.25) is 0 Å². The van der Waals surface area contributed by atoms with Crippen LogP contribution in [0.1, 0.15) is 5.56 Å². The average molecular weight is 524 g/mol. The molecule has 170 valence electrons. The molecule has 0 saturated heterocycles. The third kappa shape index (κ3) is 5.79. The monoisotopic (exact) mass is 522 g/mol. The van der Waals surface area contributed by atoms with Crippen LogP contribution in [-0.4, -0.2) is 20.4 Å². The molecule has 8 heteroatoms. The highest BCUT2D eigenvalue weighted by atomic mass is 35.5. The Kier molecular flexibility index (Phi) is 7.88. The molecule has 0 fully saturated rings. The summed E-state index contributed by atoms with van der Waals surface area (Å²) >= 11 is 23.4. The van der Waals surface area contributed by atoms with Gasteiger partial charge in [-0.25, -0.2) is 0 Å². The number of aromatic hydroxyl groups is 4. The molecule has 0 amide bonds. The fourth-order valence-corrected chi connectivity index (χ4v) is 3.74. The van der Waals surface area contributed by atoms with Crippen LogP contribution in [-0.2, 0) is 0 Å². The molecule has 0 atom stereocenters. The summed E-state index contributed by atoms with van der Waals surface area (Å²) in [6, 6.07) is 18.0. The number of halogens is 4. The van der Waals surface area contributed by atoms with Crippen molar-refractivity contribution in [3.05, 3.63) is 92.4 Å². The molecule has 0 spiro atoms. The zero-order valence-corrected chi connectivity index (χ0v) is 20.2. The quantitative estimate of drug-likeness (QED) is 0.212. The van der Waals surface area contributed by atoms with Crippen molar-refractivity contribution in [2.45, 2.75) is 6.92 Å². The van der Waals surface area contributed by atoms with E-state index in [0.29, 0.717) is 5.02 Å². The molecule has 4 aromatic rings. The fraction of sp³-hybridized carbons (Fsp3) is 0.0400. The van der Waals surface area contributed by atoms with Crippen molar-refractivity contribution in [2.24, 2.45) is 0 Å². The second kappa shape index (κ2) is 10.4. The van der Waals surface area contributed by atoms with Crippen molar-refractivity contribution in [2.75, 3.05) is 0 Å². The van der Waals surface area contributed by atoms with Crippen molar-refractivity contribution in [1.82, 2.24) is 0 Å². The molecule has 4 aromatic carbocycles. The van der Waals surface area contributed by atoms with Gasteiger partial charge in [-0.05, 0) is 77.2 Å². The highest BCUT2D eigenvalue weighted by molar-refractivity contribution is 6.34. The smallest absolute Gasteiger partial charge is 0.134 e. The lowest BCUT2D eigenvalue weighted by atomic mass is 10.00. The van der Waals surface area contributed by atoms with Crippen LogP contribution in [0.5, 0.6) is 23.0 Å². The van der Waals surface area contributed by atoms with Gasteiger partial charge < -0.3 is 20.4 Å². The topological polar surface area (TPSA) is 80.9 Å². The number of phenols is 4. The first-order chi connectivity index (χ1) is 15.6.